The van der Waals surface area contributed by atoms with Crippen LogP contribution in [0.2, 0.25) is 0 Å². The Bertz CT molecular complexity index is 1020. The number of benzene rings is 1. The molecule has 1 saturated carbocycles. The molecule has 148 valence electrons. The van der Waals surface area contributed by atoms with E-state index in [4.69, 9.17) is 5.84 Å². The van der Waals surface area contributed by atoms with Crippen molar-refractivity contribution in [2.24, 2.45) is 5.84 Å². The fourth-order valence-electron chi connectivity index (χ4n) is 3.76. The summed E-state index contributed by atoms with van der Waals surface area (Å²) in [6, 6.07) is 3.06. The molecule has 28 heavy (non-hydrogen) atoms. The topological polar surface area (TPSA) is 101 Å². The number of aromatic nitrogens is 1. The molecule has 2 aliphatic rings. The number of hydrogen-bond acceptors (Lipinski definition) is 5. The van der Waals surface area contributed by atoms with Gasteiger partial charge in [0, 0.05) is 50.7 Å². The molecule has 2 aromatic rings. The second-order valence-electron chi connectivity index (χ2n) is 7.30. The summed E-state index contributed by atoms with van der Waals surface area (Å²) in [6.07, 6.45) is 3.39. The molecule has 4 rings (SSSR count). The monoisotopic (exact) mass is 387 g/mol. The standard InChI is InChI=1S/C19H22FN5O3/c1-11(26)23-4-6-24(7-5-23)17-9-16-13(8-15(17)20)18(27)14(19(28)22-21)10-25(16)12-2-3-12/h8-10,12H,2-7,21H2,1H3,(H,22,28). The maximum Gasteiger partial charge on any atom is 0.270 e. The molecule has 2 heterocycles. The largest absolute Gasteiger partial charge is 0.366 e. The molecule has 0 atom stereocenters. The van der Waals surface area contributed by atoms with Gasteiger partial charge in [-0.3, -0.25) is 19.8 Å². The summed E-state index contributed by atoms with van der Waals surface area (Å²) in [5.41, 5.74) is 2.35. The maximum atomic E-state index is 14.9. The van der Waals surface area contributed by atoms with E-state index in [0.717, 1.165) is 12.8 Å². The third-order valence-corrected chi connectivity index (χ3v) is 5.48. The fraction of sp³-hybridized carbons (Fsp3) is 0.421. The van der Waals surface area contributed by atoms with E-state index in [1.165, 1.54) is 19.2 Å². The molecule has 2 fully saturated rings. The molecule has 1 aromatic heterocycles. The van der Waals surface area contributed by atoms with Gasteiger partial charge in [-0.05, 0) is 25.0 Å². The summed E-state index contributed by atoms with van der Waals surface area (Å²) < 4.78 is 16.8. The molecule has 8 nitrogen and oxygen atoms in total. The Kier molecular flexibility index (Phi) is 4.54. The van der Waals surface area contributed by atoms with Crippen LogP contribution in [0.4, 0.5) is 10.1 Å². The normalized spacial score (nSPS) is 17.1. The molecule has 1 aliphatic heterocycles. The minimum absolute atomic E-state index is 0.00640. The summed E-state index contributed by atoms with van der Waals surface area (Å²) in [5.74, 6) is 3.98. The second-order valence-corrected chi connectivity index (χ2v) is 7.30. The highest BCUT2D eigenvalue weighted by Crippen LogP contribution is 2.38. The molecule has 0 bridgehead atoms. The fourth-order valence-corrected chi connectivity index (χ4v) is 3.76. The van der Waals surface area contributed by atoms with E-state index >= 15 is 0 Å². The number of nitrogens with zero attached hydrogens (tertiary/aromatic N) is 3. The average molecular weight is 387 g/mol. The van der Waals surface area contributed by atoms with Crippen LogP contribution in [0.1, 0.15) is 36.2 Å². The first-order chi connectivity index (χ1) is 13.4. The van der Waals surface area contributed by atoms with Crippen LogP contribution in [-0.4, -0.2) is 47.5 Å². The van der Waals surface area contributed by atoms with Crippen LogP contribution >= 0.6 is 0 Å². The molecule has 0 spiro atoms. The van der Waals surface area contributed by atoms with Crippen LogP contribution < -0.4 is 21.6 Å². The highest BCUT2D eigenvalue weighted by atomic mass is 19.1. The predicted molar refractivity (Wildman–Crippen MR) is 103 cm³/mol. The van der Waals surface area contributed by atoms with Gasteiger partial charge in [-0.15, -0.1) is 0 Å². The van der Waals surface area contributed by atoms with Crippen molar-refractivity contribution in [1.29, 1.82) is 0 Å². The van der Waals surface area contributed by atoms with Crippen molar-refractivity contribution in [3.05, 3.63) is 39.9 Å². The zero-order valence-corrected chi connectivity index (χ0v) is 15.6. The molecular formula is C19H22FN5O3. The summed E-state index contributed by atoms with van der Waals surface area (Å²) in [7, 11) is 0. The number of rotatable bonds is 3. The number of nitrogen functional groups attached to an aromatic ring is 1. The van der Waals surface area contributed by atoms with Gasteiger partial charge in [0.2, 0.25) is 11.3 Å². The van der Waals surface area contributed by atoms with E-state index in [0.29, 0.717) is 37.4 Å². The second kappa shape index (κ2) is 6.90. The van der Waals surface area contributed by atoms with Gasteiger partial charge in [0.15, 0.2) is 0 Å². The quantitative estimate of drug-likeness (QED) is 0.460. The van der Waals surface area contributed by atoms with Crippen LogP contribution in [0.5, 0.6) is 0 Å². The Morgan fingerprint density at radius 2 is 1.86 bits per heavy atom. The molecule has 1 aromatic carbocycles. The lowest BCUT2D eigenvalue weighted by Gasteiger charge is -2.36. The highest BCUT2D eigenvalue weighted by Gasteiger charge is 2.28. The predicted octanol–water partition coefficient (Wildman–Crippen LogP) is 0.748. The van der Waals surface area contributed by atoms with E-state index < -0.39 is 17.2 Å². The lowest BCUT2D eigenvalue weighted by atomic mass is 10.1. The van der Waals surface area contributed by atoms with Gasteiger partial charge >= 0.3 is 0 Å². The minimum Gasteiger partial charge on any atom is -0.366 e. The third kappa shape index (κ3) is 3.11. The number of carbonyl (C=O) groups excluding carboxylic acids is 2. The van der Waals surface area contributed by atoms with Gasteiger partial charge in [-0.1, -0.05) is 0 Å². The Morgan fingerprint density at radius 1 is 1.18 bits per heavy atom. The Labute approximate surface area is 160 Å². The van der Waals surface area contributed by atoms with Gasteiger partial charge < -0.3 is 14.4 Å². The number of amides is 2. The minimum atomic E-state index is -0.689. The van der Waals surface area contributed by atoms with Crippen molar-refractivity contribution >= 4 is 28.4 Å². The van der Waals surface area contributed by atoms with Crippen molar-refractivity contribution in [3.8, 4) is 0 Å². The number of fused-ring (bicyclic) bond motifs is 1. The van der Waals surface area contributed by atoms with Gasteiger partial charge in [-0.25, -0.2) is 10.2 Å². The molecule has 9 heteroatoms. The number of halogens is 1. The first-order valence-electron chi connectivity index (χ1n) is 9.30. The van der Waals surface area contributed by atoms with Crippen molar-refractivity contribution in [2.75, 3.05) is 31.1 Å². The summed E-state index contributed by atoms with van der Waals surface area (Å²) >= 11 is 0. The first-order valence-corrected chi connectivity index (χ1v) is 9.30. The number of nitrogens with two attached hydrogens (primary N) is 1. The SMILES string of the molecule is CC(=O)N1CCN(c2cc3c(cc2F)c(=O)c(C(=O)NN)cn3C2CC2)CC1. The molecule has 1 saturated heterocycles. The zero-order valence-electron chi connectivity index (χ0n) is 15.6. The number of hydrazine groups is 1. The third-order valence-electron chi connectivity index (χ3n) is 5.48. The first kappa shape index (κ1) is 18.4. The van der Waals surface area contributed by atoms with Gasteiger partial charge in [0.1, 0.15) is 11.4 Å². The van der Waals surface area contributed by atoms with Crippen LogP contribution in [0, 0.1) is 5.82 Å². The Hall–Kier alpha value is -2.94. The van der Waals surface area contributed by atoms with E-state index in [2.05, 4.69) is 0 Å². The lowest BCUT2D eigenvalue weighted by Crippen LogP contribution is -2.48. The van der Waals surface area contributed by atoms with Crippen molar-refractivity contribution < 1.29 is 14.0 Å². The molecule has 3 N–H and O–H groups in total. The molecule has 2 amide bonds. The summed E-state index contributed by atoms with van der Waals surface area (Å²) in [4.78, 5) is 39.8. The average Bonchev–Trinajstić information content (AvgIpc) is 3.53. The smallest absolute Gasteiger partial charge is 0.270 e. The van der Waals surface area contributed by atoms with E-state index in [9.17, 15) is 18.8 Å². The van der Waals surface area contributed by atoms with Crippen molar-refractivity contribution in [2.45, 2.75) is 25.8 Å². The Balaban J connectivity index is 1.80. The maximum absolute atomic E-state index is 14.9. The number of nitrogens with one attached hydrogen (secondary N) is 1. The molecular weight excluding hydrogens is 365 g/mol. The Morgan fingerprint density at radius 3 is 2.43 bits per heavy atom. The number of carbonyl (C=O) groups is 2. The van der Waals surface area contributed by atoms with Crippen LogP contribution in [0.15, 0.2) is 23.1 Å². The molecule has 1 aliphatic carbocycles. The molecule has 0 radical (unpaired) electrons. The van der Waals surface area contributed by atoms with E-state index in [-0.39, 0.29) is 22.9 Å². The van der Waals surface area contributed by atoms with Crippen molar-refractivity contribution in [3.63, 3.8) is 0 Å². The number of piperazine rings is 1. The van der Waals surface area contributed by atoms with Gasteiger partial charge in [0.25, 0.3) is 5.91 Å². The number of pyridine rings is 1. The van der Waals surface area contributed by atoms with Crippen LogP contribution in [0.3, 0.4) is 0 Å². The van der Waals surface area contributed by atoms with Gasteiger partial charge in [-0.2, -0.15) is 0 Å². The summed E-state index contributed by atoms with van der Waals surface area (Å²) in [5, 5.41) is 0.164. The zero-order chi connectivity index (χ0) is 20.0. The van der Waals surface area contributed by atoms with E-state index in [1.807, 2.05) is 14.9 Å². The van der Waals surface area contributed by atoms with Gasteiger partial charge in [0.05, 0.1) is 11.2 Å². The number of hydrogen-bond donors (Lipinski definition) is 2. The summed E-state index contributed by atoms with van der Waals surface area (Å²) in [6.45, 7) is 3.61. The van der Waals surface area contributed by atoms with Crippen molar-refractivity contribution in [1.82, 2.24) is 14.9 Å². The highest BCUT2D eigenvalue weighted by molar-refractivity contribution is 5.97. The molecule has 0 unspecified atom stereocenters. The van der Waals surface area contributed by atoms with Crippen LogP contribution in [0.25, 0.3) is 10.9 Å². The van der Waals surface area contributed by atoms with Crippen LogP contribution in [-0.2, 0) is 4.79 Å². The van der Waals surface area contributed by atoms with E-state index in [1.54, 1.807) is 11.0 Å². The lowest BCUT2D eigenvalue weighted by molar-refractivity contribution is -0.129. The number of anilines is 1.